The summed E-state index contributed by atoms with van der Waals surface area (Å²) >= 11 is 0. The minimum absolute atomic E-state index is 0.120. The highest BCUT2D eigenvalue weighted by molar-refractivity contribution is 5.98. The molecule has 1 aromatic heterocycles. The SMILES string of the molecule is CCCn1nc(C)cc1NC(=O)N1CCC[C@@H](C(=O)c2ccccc2)C1. The first-order valence-corrected chi connectivity index (χ1v) is 9.28. The Morgan fingerprint density at radius 2 is 2.04 bits per heavy atom. The monoisotopic (exact) mass is 354 g/mol. The van der Waals surface area contributed by atoms with Crippen LogP contribution < -0.4 is 5.32 Å². The van der Waals surface area contributed by atoms with E-state index in [0.29, 0.717) is 18.9 Å². The summed E-state index contributed by atoms with van der Waals surface area (Å²) in [5.74, 6) is 0.694. The van der Waals surface area contributed by atoms with Gasteiger partial charge in [0, 0.05) is 37.2 Å². The van der Waals surface area contributed by atoms with Gasteiger partial charge in [0.1, 0.15) is 5.82 Å². The van der Waals surface area contributed by atoms with Crippen molar-refractivity contribution in [3.8, 4) is 0 Å². The molecule has 3 rings (SSSR count). The average Bonchev–Trinajstić information content (AvgIpc) is 3.01. The molecule has 0 aliphatic carbocycles. The Balaban J connectivity index is 1.66. The minimum Gasteiger partial charge on any atom is -0.324 e. The zero-order valence-corrected chi connectivity index (χ0v) is 15.4. The average molecular weight is 354 g/mol. The second kappa shape index (κ2) is 8.17. The van der Waals surface area contributed by atoms with Crippen LogP contribution in [-0.4, -0.2) is 39.6 Å². The van der Waals surface area contributed by atoms with Gasteiger partial charge in [-0.3, -0.25) is 10.1 Å². The Labute approximate surface area is 154 Å². The molecule has 2 heterocycles. The number of ketones is 1. The van der Waals surface area contributed by atoms with E-state index in [9.17, 15) is 9.59 Å². The van der Waals surface area contributed by atoms with E-state index in [1.54, 1.807) is 4.90 Å². The Morgan fingerprint density at radius 1 is 1.27 bits per heavy atom. The van der Waals surface area contributed by atoms with Crippen LogP contribution in [0.2, 0.25) is 0 Å². The highest BCUT2D eigenvalue weighted by atomic mass is 16.2. The standard InChI is InChI=1S/C20H26N4O2/c1-3-11-24-18(13-15(2)22-24)21-20(26)23-12-7-10-17(14-23)19(25)16-8-5-4-6-9-16/h4-6,8-9,13,17H,3,7,10-12,14H2,1-2H3,(H,21,26)/t17-/m1/s1. The van der Waals surface area contributed by atoms with Crippen molar-refractivity contribution < 1.29 is 9.59 Å². The summed E-state index contributed by atoms with van der Waals surface area (Å²) in [6.45, 7) is 5.88. The van der Waals surface area contributed by atoms with E-state index in [2.05, 4.69) is 17.3 Å². The second-order valence-electron chi connectivity index (χ2n) is 6.84. The number of anilines is 1. The molecule has 6 nitrogen and oxygen atoms in total. The maximum absolute atomic E-state index is 12.7. The second-order valence-corrected chi connectivity index (χ2v) is 6.84. The van der Waals surface area contributed by atoms with Gasteiger partial charge in [0.05, 0.1) is 5.69 Å². The van der Waals surface area contributed by atoms with Crippen LogP contribution in [0.1, 0.15) is 42.2 Å². The van der Waals surface area contributed by atoms with Gasteiger partial charge in [0.2, 0.25) is 0 Å². The van der Waals surface area contributed by atoms with Crippen LogP contribution in [0.15, 0.2) is 36.4 Å². The lowest BCUT2D eigenvalue weighted by atomic mass is 9.90. The number of Topliss-reactive ketones (excluding diaryl/α,β-unsaturated/α-hetero) is 1. The highest BCUT2D eigenvalue weighted by Crippen LogP contribution is 2.22. The zero-order valence-electron chi connectivity index (χ0n) is 15.4. The number of carbonyl (C=O) groups is 2. The third-order valence-electron chi connectivity index (χ3n) is 4.71. The number of aromatic nitrogens is 2. The molecule has 0 spiro atoms. The highest BCUT2D eigenvalue weighted by Gasteiger charge is 2.29. The maximum Gasteiger partial charge on any atom is 0.323 e. The van der Waals surface area contributed by atoms with Gasteiger partial charge in [-0.15, -0.1) is 0 Å². The number of piperidine rings is 1. The molecular weight excluding hydrogens is 328 g/mol. The molecule has 2 amide bonds. The molecular formula is C20H26N4O2. The Morgan fingerprint density at radius 3 is 2.77 bits per heavy atom. The summed E-state index contributed by atoms with van der Waals surface area (Å²) < 4.78 is 1.82. The van der Waals surface area contributed by atoms with Gasteiger partial charge < -0.3 is 4.90 Å². The molecule has 1 aliphatic heterocycles. The number of urea groups is 1. The number of rotatable bonds is 5. The fourth-order valence-corrected chi connectivity index (χ4v) is 3.43. The molecule has 6 heteroatoms. The Hall–Kier alpha value is -2.63. The molecule has 1 fully saturated rings. The number of carbonyl (C=O) groups excluding carboxylic acids is 2. The van der Waals surface area contributed by atoms with Gasteiger partial charge in [-0.2, -0.15) is 5.10 Å². The van der Waals surface area contributed by atoms with Crippen molar-refractivity contribution in [1.82, 2.24) is 14.7 Å². The van der Waals surface area contributed by atoms with Gasteiger partial charge in [-0.1, -0.05) is 37.3 Å². The lowest BCUT2D eigenvalue weighted by Crippen LogP contribution is -2.44. The number of nitrogens with one attached hydrogen (secondary N) is 1. The van der Waals surface area contributed by atoms with E-state index in [4.69, 9.17) is 0 Å². The van der Waals surface area contributed by atoms with Crippen molar-refractivity contribution in [1.29, 1.82) is 0 Å². The van der Waals surface area contributed by atoms with Gasteiger partial charge in [-0.25, -0.2) is 9.48 Å². The lowest BCUT2D eigenvalue weighted by molar-refractivity contribution is 0.0851. The number of amides is 2. The third kappa shape index (κ3) is 4.12. The molecule has 1 aromatic carbocycles. The third-order valence-corrected chi connectivity index (χ3v) is 4.71. The van der Waals surface area contributed by atoms with E-state index in [1.807, 2.05) is 48.0 Å². The summed E-state index contributed by atoms with van der Waals surface area (Å²) in [5.41, 5.74) is 1.60. The van der Waals surface area contributed by atoms with Crippen molar-refractivity contribution in [2.75, 3.05) is 18.4 Å². The molecule has 1 atom stereocenters. The van der Waals surface area contributed by atoms with E-state index >= 15 is 0 Å². The molecule has 0 radical (unpaired) electrons. The van der Waals surface area contributed by atoms with Gasteiger partial charge in [0.15, 0.2) is 5.78 Å². The zero-order chi connectivity index (χ0) is 18.5. The molecule has 138 valence electrons. The fourth-order valence-electron chi connectivity index (χ4n) is 3.43. The van der Waals surface area contributed by atoms with Crippen molar-refractivity contribution >= 4 is 17.6 Å². The van der Waals surface area contributed by atoms with Crippen LogP contribution in [0.4, 0.5) is 10.6 Å². The van der Waals surface area contributed by atoms with Crippen LogP contribution >= 0.6 is 0 Å². The molecule has 26 heavy (non-hydrogen) atoms. The summed E-state index contributed by atoms with van der Waals surface area (Å²) in [6, 6.07) is 11.0. The first kappa shape index (κ1) is 18.2. The lowest BCUT2D eigenvalue weighted by Gasteiger charge is -2.32. The van der Waals surface area contributed by atoms with E-state index in [-0.39, 0.29) is 17.7 Å². The molecule has 1 saturated heterocycles. The number of benzene rings is 1. The summed E-state index contributed by atoms with van der Waals surface area (Å²) in [4.78, 5) is 27.1. The fraction of sp³-hybridized carbons (Fsp3) is 0.450. The Bertz CT molecular complexity index is 769. The maximum atomic E-state index is 12.7. The summed E-state index contributed by atoms with van der Waals surface area (Å²) in [6.07, 6.45) is 2.61. The number of likely N-dealkylation sites (tertiary alicyclic amines) is 1. The van der Waals surface area contributed by atoms with Gasteiger partial charge >= 0.3 is 6.03 Å². The van der Waals surface area contributed by atoms with E-state index in [1.165, 1.54) is 0 Å². The number of nitrogens with zero attached hydrogens (tertiary/aromatic N) is 3. The molecule has 1 aliphatic rings. The number of hydrogen-bond donors (Lipinski definition) is 1. The van der Waals surface area contributed by atoms with Crippen molar-refractivity contribution in [2.24, 2.45) is 5.92 Å². The summed E-state index contributed by atoms with van der Waals surface area (Å²) in [7, 11) is 0. The normalized spacial score (nSPS) is 17.2. The molecule has 2 aromatic rings. The van der Waals surface area contributed by atoms with Crippen LogP contribution in [0.3, 0.4) is 0 Å². The molecule has 0 saturated carbocycles. The predicted molar refractivity (Wildman–Crippen MR) is 101 cm³/mol. The predicted octanol–water partition coefficient (Wildman–Crippen LogP) is 3.73. The molecule has 0 bridgehead atoms. The quantitative estimate of drug-likeness (QED) is 0.832. The summed E-state index contributed by atoms with van der Waals surface area (Å²) in [5, 5.41) is 7.37. The topological polar surface area (TPSA) is 67.2 Å². The number of aryl methyl sites for hydroxylation is 2. The van der Waals surface area contributed by atoms with Crippen LogP contribution in [0.5, 0.6) is 0 Å². The smallest absolute Gasteiger partial charge is 0.323 e. The van der Waals surface area contributed by atoms with Crippen molar-refractivity contribution in [2.45, 2.75) is 39.7 Å². The first-order chi connectivity index (χ1) is 12.6. The van der Waals surface area contributed by atoms with Crippen molar-refractivity contribution in [3.05, 3.63) is 47.7 Å². The largest absolute Gasteiger partial charge is 0.324 e. The van der Waals surface area contributed by atoms with Gasteiger partial charge in [-0.05, 0) is 26.2 Å². The van der Waals surface area contributed by atoms with E-state index < -0.39 is 0 Å². The van der Waals surface area contributed by atoms with Crippen LogP contribution in [0, 0.1) is 12.8 Å². The first-order valence-electron chi connectivity index (χ1n) is 9.28. The van der Waals surface area contributed by atoms with Crippen LogP contribution in [0.25, 0.3) is 0 Å². The van der Waals surface area contributed by atoms with Crippen LogP contribution in [-0.2, 0) is 6.54 Å². The number of hydrogen-bond acceptors (Lipinski definition) is 3. The van der Waals surface area contributed by atoms with Crippen molar-refractivity contribution in [3.63, 3.8) is 0 Å². The van der Waals surface area contributed by atoms with Gasteiger partial charge in [0.25, 0.3) is 0 Å². The Kier molecular flexibility index (Phi) is 5.71. The molecule has 1 N–H and O–H groups in total. The molecule has 0 unspecified atom stereocenters. The minimum atomic E-state index is -0.159. The van der Waals surface area contributed by atoms with E-state index in [0.717, 1.165) is 37.1 Å².